The maximum Gasteiger partial charge on any atom is 0.294 e. The molecule has 1 rings (SSSR count). The average molecular weight is 386 g/mol. The first kappa shape index (κ1) is 25.1. The number of benzene rings is 1. The third-order valence-electron chi connectivity index (χ3n) is 4.20. The number of nitrogens with two attached hydrogens (primary N) is 1. The standard InChI is InChI=1S/C18H30O3S.C3H9N/c1-3-5-7-8-9-13-16(12-6-4-2)17-14-10-11-15-18(17)22(19,20)21;1-3(2)4/h10-11,14-16H,3-9,12-13H2,1-2H3,(H,19,20,21);3H,4H2,1-2H3. The van der Waals surface area contributed by atoms with Crippen molar-refractivity contribution in [2.75, 3.05) is 0 Å². The summed E-state index contributed by atoms with van der Waals surface area (Å²) in [6, 6.07) is 7.24. The van der Waals surface area contributed by atoms with Crippen molar-refractivity contribution in [3.8, 4) is 0 Å². The summed E-state index contributed by atoms with van der Waals surface area (Å²) in [5, 5.41) is 0. The lowest BCUT2D eigenvalue weighted by molar-refractivity contribution is 0.471. The van der Waals surface area contributed by atoms with Gasteiger partial charge < -0.3 is 5.73 Å². The molecule has 1 aromatic carbocycles. The number of hydrogen-bond acceptors (Lipinski definition) is 3. The van der Waals surface area contributed by atoms with E-state index in [1.807, 2.05) is 26.0 Å². The van der Waals surface area contributed by atoms with Crippen LogP contribution in [0.25, 0.3) is 0 Å². The van der Waals surface area contributed by atoms with Gasteiger partial charge in [-0.1, -0.05) is 90.8 Å². The Kier molecular flexibility index (Phi) is 13.7. The molecule has 0 heterocycles. The summed E-state index contributed by atoms with van der Waals surface area (Å²) in [4.78, 5) is 0.0876. The highest BCUT2D eigenvalue weighted by atomic mass is 32.2. The van der Waals surface area contributed by atoms with Crippen LogP contribution in [0.5, 0.6) is 0 Å². The lowest BCUT2D eigenvalue weighted by Gasteiger charge is -2.19. The largest absolute Gasteiger partial charge is 0.328 e. The Balaban J connectivity index is 0.00000141. The van der Waals surface area contributed by atoms with E-state index in [4.69, 9.17) is 5.73 Å². The van der Waals surface area contributed by atoms with Gasteiger partial charge in [0.25, 0.3) is 10.1 Å². The van der Waals surface area contributed by atoms with Gasteiger partial charge in [0.2, 0.25) is 0 Å². The molecule has 0 saturated heterocycles. The van der Waals surface area contributed by atoms with Crippen LogP contribution in [0.3, 0.4) is 0 Å². The Morgan fingerprint density at radius 2 is 1.42 bits per heavy atom. The SMILES string of the molecule is CC(C)N.CCCCCCCC(CCCC)c1ccccc1S(=O)(=O)O. The molecule has 0 radical (unpaired) electrons. The molecule has 0 saturated carbocycles. The summed E-state index contributed by atoms with van der Waals surface area (Å²) in [5.41, 5.74) is 5.90. The molecule has 1 unspecified atom stereocenters. The quantitative estimate of drug-likeness (QED) is 0.366. The van der Waals surface area contributed by atoms with Crippen molar-refractivity contribution in [2.45, 2.75) is 102 Å². The predicted molar refractivity (Wildman–Crippen MR) is 111 cm³/mol. The molecule has 0 spiro atoms. The van der Waals surface area contributed by atoms with Crippen LogP contribution in [0.15, 0.2) is 29.2 Å². The van der Waals surface area contributed by atoms with Crippen LogP contribution in [0, 0.1) is 0 Å². The Bertz CT molecular complexity index is 568. The minimum absolute atomic E-state index is 0.0876. The molecular weight excluding hydrogens is 346 g/mol. The highest BCUT2D eigenvalue weighted by molar-refractivity contribution is 7.85. The predicted octanol–water partition coefficient (Wildman–Crippen LogP) is 5.92. The van der Waals surface area contributed by atoms with Gasteiger partial charge in [0.1, 0.15) is 0 Å². The van der Waals surface area contributed by atoms with Crippen LogP contribution in [0.1, 0.15) is 97.0 Å². The lowest BCUT2D eigenvalue weighted by Crippen LogP contribution is -2.08. The molecule has 3 N–H and O–H groups in total. The maximum atomic E-state index is 11.6. The van der Waals surface area contributed by atoms with Gasteiger partial charge in [-0.25, -0.2) is 0 Å². The molecule has 152 valence electrons. The lowest BCUT2D eigenvalue weighted by atomic mass is 9.88. The van der Waals surface area contributed by atoms with Crippen molar-refractivity contribution in [3.05, 3.63) is 29.8 Å². The van der Waals surface area contributed by atoms with E-state index in [1.165, 1.54) is 31.7 Å². The van der Waals surface area contributed by atoms with Gasteiger partial charge in [-0.2, -0.15) is 8.42 Å². The summed E-state index contributed by atoms with van der Waals surface area (Å²) in [5.74, 6) is 0.222. The van der Waals surface area contributed by atoms with E-state index in [9.17, 15) is 13.0 Å². The molecule has 0 aliphatic rings. The Morgan fingerprint density at radius 1 is 0.923 bits per heavy atom. The van der Waals surface area contributed by atoms with E-state index in [0.29, 0.717) is 6.04 Å². The maximum absolute atomic E-state index is 11.6. The third-order valence-corrected chi connectivity index (χ3v) is 5.13. The van der Waals surface area contributed by atoms with Gasteiger partial charge in [0.15, 0.2) is 0 Å². The normalized spacial score (nSPS) is 12.6. The van der Waals surface area contributed by atoms with Gasteiger partial charge in [-0.15, -0.1) is 0 Å². The molecule has 0 fully saturated rings. The molecule has 26 heavy (non-hydrogen) atoms. The van der Waals surface area contributed by atoms with E-state index in [2.05, 4.69) is 13.8 Å². The molecule has 0 bridgehead atoms. The van der Waals surface area contributed by atoms with Gasteiger partial charge in [0, 0.05) is 0 Å². The Hall–Kier alpha value is -0.910. The molecule has 4 nitrogen and oxygen atoms in total. The summed E-state index contributed by atoms with van der Waals surface area (Å²) in [6.45, 7) is 8.24. The Morgan fingerprint density at radius 3 is 1.96 bits per heavy atom. The number of unbranched alkanes of at least 4 members (excludes halogenated alkanes) is 5. The van der Waals surface area contributed by atoms with E-state index < -0.39 is 10.1 Å². The van der Waals surface area contributed by atoms with Crippen molar-refractivity contribution in [1.82, 2.24) is 0 Å². The first-order chi connectivity index (χ1) is 12.2. The fourth-order valence-electron chi connectivity index (χ4n) is 2.95. The van der Waals surface area contributed by atoms with Crippen molar-refractivity contribution in [3.63, 3.8) is 0 Å². The van der Waals surface area contributed by atoms with Crippen molar-refractivity contribution >= 4 is 10.1 Å². The fourth-order valence-corrected chi connectivity index (χ4v) is 3.74. The van der Waals surface area contributed by atoms with Crippen LogP contribution in [0.4, 0.5) is 0 Å². The second kappa shape index (κ2) is 14.2. The molecule has 0 aromatic heterocycles. The third kappa shape index (κ3) is 11.7. The summed E-state index contributed by atoms with van der Waals surface area (Å²) < 4.78 is 32.7. The second-order valence-electron chi connectivity index (χ2n) is 7.30. The second-order valence-corrected chi connectivity index (χ2v) is 8.69. The first-order valence-electron chi connectivity index (χ1n) is 10.1. The van der Waals surface area contributed by atoms with Crippen LogP contribution >= 0.6 is 0 Å². The monoisotopic (exact) mass is 385 g/mol. The number of hydrogen-bond donors (Lipinski definition) is 2. The van der Waals surface area contributed by atoms with Crippen molar-refractivity contribution in [1.29, 1.82) is 0 Å². The van der Waals surface area contributed by atoms with Gasteiger partial charge in [0.05, 0.1) is 4.90 Å². The van der Waals surface area contributed by atoms with Crippen LogP contribution < -0.4 is 5.73 Å². The van der Waals surface area contributed by atoms with Gasteiger partial charge in [-0.05, 0) is 36.4 Å². The molecule has 0 aliphatic carbocycles. The molecule has 1 atom stereocenters. The first-order valence-corrected chi connectivity index (χ1v) is 11.5. The van der Waals surface area contributed by atoms with Crippen molar-refractivity contribution in [2.24, 2.45) is 5.73 Å². The van der Waals surface area contributed by atoms with E-state index >= 15 is 0 Å². The van der Waals surface area contributed by atoms with Crippen LogP contribution in [-0.2, 0) is 10.1 Å². The van der Waals surface area contributed by atoms with Gasteiger partial charge >= 0.3 is 0 Å². The highest BCUT2D eigenvalue weighted by Crippen LogP contribution is 2.32. The zero-order valence-electron chi connectivity index (χ0n) is 17.1. The summed E-state index contributed by atoms with van der Waals surface area (Å²) >= 11 is 0. The zero-order chi connectivity index (χ0) is 20.0. The van der Waals surface area contributed by atoms with Crippen LogP contribution in [0.2, 0.25) is 0 Å². The average Bonchev–Trinajstić information content (AvgIpc) is 2.56. The molecule has 0 amide bonds. The van der Waals surface area contributed by atoms with E-state index in [0.717, 1.165) is 37.7 Å². The Labute approximate surface area is 161 Å². The topological polar surface area (TPSA) is 80.4 Å². The smallest absolute Gasteiger partial charge is 0.294 e. The molecule has 0 aliphatic heterocycles. The fraction of sp³-hybridized carbons (Fsp3) is 0.714. The highest BCUT2D eigenvalue weighted by Gasteiger charge is 2.21. The van der Waals surface area contributed by atoms with E-state index in [1.54, 1.807) is 6.07 Å². The molecular formula is C21H39NO3S. The minimum Gasteiger partial charge on any atom is -0.328 e. The minimum atomic E-state index is -4.14. The molecule has 1 aromatic rings. The number of rotatable bonds is 11. The van der Waals surface area contributed by atoms with Gasteiger partial charge in [-0.3, -0.25) is 4.55 Å². The summed E-state index contributed by atoms with van der Waals surface area (Å²) in [7, 11) is -4.14. The van der Waals surface area contributed by atoms with Crippen LogP contribution in [-0.4, -0.2) is 19.0 Å². The summed E-state index contributed by atoms with van der Waals surface area (Å²) in [6.07, 6.45) is 10.2. The zero-order valence-corrected chi connectivity index (χ0v) is 17.9. The van der Waals surface area contributed by atoms with Crippen molar-refractivity contribution < 1.29 is 13.0 Å². The van der Waals surface area contributed by atoms with E-state index in [-0.39, 0.29) is 10.8 Å². The molecule has 5 heteroatoms.